The minimum atomic E-state index is -0.831. The predicted octanol–water partition coefficient (Wildman–Crippen LogP) is 5.95. The van der Waals surface area contributed by atoms with Crippen LogP contribution in [0.4, 0.5) is 11.4 Å². The molecule has 1 amide bonds. The number of Topliss-reactive ketones (excluding diaryl/α,β-unsaturated/α-hetero) is 1. The zero-order valence-corrected chi connectivity index (χ0v) is 22.5. The van der Waals surface area contributed by atoms with E-state index >= 15 is 0 Å². The quantitative estimate of drug-likeness (QED) is 0.216. The molecule has 0 aliphatic carbocycles. The van der Waals surface area contributed by atoms with Gasteiger partial charge in [-0.15, -0.1) is 0 Å². The lowest BCUT2D eigenvalue weighted by atomic mass is 9.94. The number of ether oxygens (including phenoxy) is 2. The molecule has 0 aromatic heterocycles. The Bertz CT molecular complexity index is 1340. The molecule has 0 spiro atoms. The number of methoxy groups -OCH3 is 1. The van der Waals surface area contributed by atoms with Crippen molar-refractivity contribution in [1.82, 2.24) is 0 Å². The SMILES string of the molecule is CCN(CC)c1ccc(C2/C(=C(\O)c3cccc(OC(C)C)c3)C(=O)C(=O)N2c2cccc(OC)c2)cc1. The predicted molar refractivity (Wildman–Crippen MR) is 150 cm³/mol. The Balaban J connectivity index is 1.89. The molecule has 3 aromatic carbocycles. The van der Waals surface area contributed by atoms with Crippen LogP contribution in [0.25, 0.3) is 5.76 Å². The Hall–Kier alpha value is -4.26. The highest BCUT2D eigenvalue weighted by Gasteiger charge is 2.47. The van der Waals surface area contributed by atoms with E-state index in [0.29, 0.717) is 28.3 Å². The van der Waals surface area contributed by atoms with Gasteiger partial charge in [0, 0.05) is 36.1 Å². The van der Waals surface area contributed by atoms with Gasteiger partial charge >= 0.3 is 0 Å². The number of aliphatic hydroxyl groups excluding tert-OH is 1. The number of carbonyl (C=O) groups excluding carboxylic acids is 2. The molecule has 1 aliphatic heterocycles. The molecule has 38 heavy (non-hydrogen) atoms. The number of aliphatic hydroxyl groups is 1. The lowest BCUT2D eigenvalue weighted by molar-refractivity contribution is -0.132. The fourth-order valence-electron chi connectivity index (χ4n) is 4.78. The monoisotopic (exact) mass is 514 g/mol. The fraction of sp³-hybridized carbons (Fsp3) is 0.290. The highest BCUT2D eigenvalue weighted by Crippen LogP contribution is 2.43. The first-order chi connectivity index (χ1) is 18.3. The van der Waals surface area contributed by atoms with E-state index in [9.17, 15) is 14.7 Å². The molecule has 1 saturated heterocycles. The molecule has 4 rings (SSSR count). The van der Waals surface area contributed by atoms with Gasteiger partial charge in [0.1, 0.15) is 17.3 Å². The van der Waals surface area contributed by atoms with Crippen LogP contribution in [0.3, 0.4) is 0 Å². The maximum absolute atomic E-state index is 13.5. The molecule has 1 aliphatic rings. The smallest absolute Gasteiger partial charge is 0.300 e. The lowest BCUT2D eigenvalue weighted by Crippen LogP contribution is -2.29. The van der Waals surface area contributed by atoms with Gasteiger partial charge in [0.2, 0.25) is 0 Å². The topological polar surface area (TPSA) is 79.3 Å². The van der Waals surface area contributed by atoms with Crippen LogP contribution in [0, 0.1) is 0 Å². The first kappa shape index (κ1) is 26.8. The minimum Gasteiger partial charge on any atom is -0.507 e. The first-order valence-corrected chi connectivity index (χ1v) is 12.9. The van der Waals surface area contributed by atoms with Crippen LogP contribution in [0.15, 0.2) is 78.4 Å². The molecule has 1 unspecified atom stereocenters. The van der Waals surface area contributed by atoms with Gasteiger partial charge in [0.25, 0.3) is 11.7 Å². The number of hydrogen-bond donors (Lipinski definition) is 1. The van der Waals surface area contributed by atoms with Crippen molar-refractivity contribution >= 4 is 28.8 Å². The number of carbonyl (C=O) groups is 2. The Morgan fingerprint density at radius 1 is 0.947 bits per heavy atom. The molecule has 3 aromatic rings. The van der Waals surface area contributed by atoms with E-state index < -0.39 is 17.7 Å². The molecular formula is C31H34N2O5. The zero-order chi connectivity index (χ0) is 27.4. The number of nitrogens with zero attached hydrogens (tertiary/aromatic N) is 2. The van der Waals surface area contributed by atoms with Crippen molar-refractivity contribution in [2.75, 3.05) is 30.0 Å². The van der Waals surface area contributed by atoms with E-state index in [4.69, 9.17) is 9.47 Å². The molecule has 1 fully saturated rings. The van der Waals surface area contributed by atoms with Crippen LogP contribution < -0.4 is 19.3 Å². The van der Waals surface area contributed by atoms with Crippen LogP contribution in [0.5, 0.6) is 11.5 Å². The van der Waals surface area contributed by atoms with Gasteiger partial charge in [-0.05, 0) is 69.7 Å². The Labute approximate surface area is 223 Å². The number of ketones is 1. The molecule has 7 heteroatoms. The van der Waals surface area contributed by atoms with Gasteiger partial charge in [0.05, 0.1) is 24.8 Å². The Kier molecular flexibility index (Phi) is 8.05. The standard InChI is InChI=1S/C31H34N2O5/c1-6-32(7-2)23-16-14-21(15-17-23)28-27(29(34)22-10-8-13-26(18-22)38-20(3)4)30(35)31(36)33(28)24-11-9-12-25(19-24)37-5/h8-20,28,34H,6-7H2,1-5H3/b29-27+. The van der Waals surface area contributed by atoms with Crippen molar-refractivity contribution in [2.45, 2.75) is 39.8 Å². The molecule has 7 nitrogen and oxygen atoms in total. The summed E-state index contributed by atoms with van der Waals surface area (Å²) in [6.45, 7) is 9.71. The van der Waals surface area contributed by atoms with Crippen LogP contribution in [-0.4, -0.2) is 43.1 Å². The molecule has 1 N–H and O–H groups in total. The number of anilines is 2. The summed E-state index contributed by atoms with van der Waals surface area (Å²) in [6.07, 6.45) is -0.0599. The highest BCUT2D eigenvalue weighted by atomic mass is 16.5. The second-order valence-electron chi connectivity index (χ2n) is 9.33. The van der Waals surface area contributed by atoms with Gasteiger partial charge < -0.3 is 19.5 Å². The van der Waals surface area contributed by atoms with Gasteiger partial charge in [-0.2, -0.15) is 0 Å². The van der Waals surface area contributed by atoms with Gasteiger partial charge in [-0.3, -0.25) is 14.5 Å². The second kappa shape index (κ2) is 11.4. The van der Waals surface area contributed by atoms with Crippen LogP contribution in [-0.2, 0) is 9.59 Å². The molecule has 0 bridgehead atoms. The average Bonchev–Trinajstić information content (AvgIpc) is 3.19. The third kappa shape index (κ3) is 5.23. The molecular weight excluding hydrogens is 480 g/mol. The average molecular weight is 515 g/mol. The number of benzene rings is 3. The summed E-state index contributed by atoms with van der Waals surface area (Å²) < 4.78 is 11.2. The van der Waals surface area contributed by atoms with Gasteiger partial charge in [-0.25, -0.2) is 0 Å². The summed E-state index contributed by atoms with van der Waals surface area (Å²) in [5.41, 5.74) is 2.67. The molecule has 1 heterocycles. The number of hydrogen-bond acceptors (Lipinski definition) is 6. The first-order valence-electron chi connectivity index (χ1n) is 12.9. The third-order valence-corrected chi connectivity index (χ3v) is 6.59. The minimum absolute atomic E-state index is 0.0232. The Morgan fingerprint density at radius 3 is 2.24 bits per heavy atom. The highest BCUT2D eigenvalue weighted by molar-refractivity contribution is 6.51. The molecule has 0 saturated carbocycles. The molecule has 1 atom stereocenters. The summed E-state index contributed by atoms with van der Waals surface area (Å²) in [4.78, 5) is 30.6. The van der Waals surface area contributed by atoms with Crippen LogP contribution in [0.1, 0.15) is 44.9 Å². The fourth-order valence-corrected chi connectivity index (χ4v) is 4.78. The van der Waals surface area contributed by atoms with Crippen molar-refractivity contribution in [2.24, 2.45) is 0 Å². The molecule has 0 radical (unpaired) electrons. The second-order valence-corrected chi connectivity index (χ2v) is 9.33. The van der Waals surface area contributed by atoms with Crippen molar-refractivity contribution in [3.05, 3.63) is 89.5 Å². The van der Waals surface area contributed by atoms with Gasteiger partial charge in [-0.1, -0.05) is 30.3 Å². The molecule has 198 valence electrons. The van der Waals surface area contributed by atoms with Crippen molar-refractivity contribution in [1.29, 1.82) is 0 Å². The van der Waals surface area contributed by atoms with E-state index in [0.717, 1.165) is 18.8 Å². The summed E-state index contributed by atoms with van der Waals surface area (Å²) in [7, 11) is 1.54. The van der Waals surface area contributed by atoms with E-state index in [-0.39, 0.29) is 17.4 Å². The lowest BCUT2D eigenvalue weighted by Gasteiger charge is -2.27. The van der Waals surface area contributed by atoms with E-state index in [1.165, 1.54) is 4.90 Å². The summed E-state index contributed by atoms with van der Waals surface area (Å²) >= 11 is 0. The van der Waals surface area contributed by atoms with E-state index in [1.807, 2.05) is 38.1 Å². The normalized spacial score (nSPS) is 16.7. The summed E-state index contributed by atoms with van der Waals surface area (Å²) in [6, 6.07) is 20.8. The largest absolute Gasteiger partial charge is 0.507 e. The van der Waals surface area contributed by atoms with E-state index in [1.54, 1.807) is 55.6 Å². The van der Waals surface area contributed by atoms with Crippen molar-refractivity contribution in [3.8, 4) is 11.5 Å². The number of rotatable bonds is 9. The maximum atomic E-state index is 13.5. The zero-order valence-electron chi connectivity index (χ0n) is 22.5. The maximum Gasteiger partial charge on any atom is 0.300 e. The summed E-state index contributed by atoms with van der Waals surface area (Å²) in [5, 5.41) is 11.5. The van der Waals surface area contributed by atoms with Crippen LogP contribution >= 0.6 is 0 Å². The Morgan fingerprint density at radius 2 is 1.61 bits per heavy atom. The van der Waals surface area contributed by atoms with E-state index in [2.05, 4.69) is 18.7 Å². The van der Waals surface area contributed by atoms with Crippen molar-refractivity contribution in [3.63, 3.8) is 0 Å². The van der Waals surface area contributed by atoms with Crippen LogP contribution in [0.2, 0.25) is 0 Å². The third-order valence-electron chi connectivity index (χ3n) is 6.59. The summed E-state index contributed by atoms with van der Waals surface area (Å²) in [5.74, 6) is -0.601. The van der Waals surface area contributed by atoms with Crippen molar-refractivity contribution < 1.29 is 24.2 Å². The number of amides is 1. The van der Waals surface area contributed by atoms with Gasteiger partial charge in [0.15, 0.2) is 0 Å².